The molecule has 2 N–H and O–H groups in total. The highest BCUT2D eigenvalue weighted by Gasteiger charge is 2.31. The van der Waals surface area contributed by atoms with Gasteiger partial charge in [-0.15, -0.1) is 0 Å². The molecule has 0 saturated heterocycles. The first-order valence-corrected chi connectivity index (χ1v) is 6.07. The van der Waals surface area contributed by atoms with E-state index in [0.717, 1.165) is 24.7 Å². The van der Waals surface area contributed by atoms with Crippen molar-refractivity contribution in [2.24, 2.45) is 11.3 Å². The molecule has 0 fully saturated rings. The molecule has 2 atom stereocenters. The summed E-state index contributed by atoms with van der Waals surface area (Å²) in [6.45, 7) is 8.23. The molecule has 17 heavy (non-hydrogen) atoms. The predicted molar refractivity (Wildman–Crippen MR) is 70.4 cm³/mol. The summed E-state index contributed by atoms with van der Waals surface area (Å²) >= 11 is 0. The van der Waals surface area contributed by atoms with Gasteiger partial charge in [0.25, 0.3) is 0 Å². The van der Waals surface area contributed by atoms with Crippen LogP contribution < -0.4 is 0 Å². The minimum atomic E-state index is -0.245. The Bertz CT molecular complexity index is 391. The van der Waals surface area contributed by atoms with Crippen molar-refractivity contribution < 1.29 is 10.2 Å². The monoisotopic (exact) mass is 234 g/mol. The first kappa shape index (κ1) is 13.9. The topological polar surface area (TPSA) is 40.5 Å². The van der Waals surface area contributed by atoms with Crippen molar-refractivity contribution in [3.63, 3.8) is 0 Å². The van der Waals surface area contributed by atoms with Crippen LogP contribution in [0.1, 0.15) is 40.5 Å². The Labute approximate surface area is 104 Å². The molecule has 94 valence electrons. The van der Waals surface area contributed by atoms with Gasteiger partial charge in [-0.1, -0.05) is 31.3 Å². The average Bonchev–Trinajstić information content (AvgIpc) is 2.14. The standard InChI is InChI=1S/C15H22O2/c1-11(7-8-16)5-6-14-12(2)9-13(17)10-15(14,3)4/h7-8,11,13,16-17H,9-10H2,1-4H3/b8-7+/t11?,13-/m1/s1. The fraction of sp³-hybridized carbons (Fsp3) is 0.600. The van der Waals surface area contributed by atoms with Crippen LogP contribution in [0.5, 0.6) is 0 Å². The van der Waals surface area contributed by atoms with Gasteiger partial charge in [-0.2, -0.15) is 0 Å². The Morgan fingerprint density at radius 3 is 2.65 bits per heavy atom. The van der Waals surface area contributed by atoms with Crippen LogP contribution in [0.3, 0.4) is 0 Å². The van der Waals surface area contributed by atoms with E-state index in [9.17, 15) is 5.11 Å². The van der Waals surface area contributed by atoms with Crippen molar-refractivity contribution in [3.05, 3.63) is 23.5 Å². The molecule has 0 aromatic rings. The second-order valence-electron chi connectivity index (χ2n) is 5.50. The van der Waals surface area contributed by atoms with E-state index < -0.39 is 0 Å². The maximum absolute atomic E-state index is 9.77. The predicted octanol–water partition coefficient (Wildman–Crippen LogP) is 3.20. The fourth-order valence-electron chi connectivity index (χ4n) is 2.44. The Morgan fingerprint density at radius 2 is 2.12 bits per heavy atom. The molecule has 0 aliphatic heterocycles. The third kappa shape index (κ3) is 3.64. The summed E-state index contributed by atoms with van der Waals surface area (Å²) < 4.78 is 0. The lowest BCUT2D eigenvalue weighted by atomic mass is 9.72. The maximum Gasteiger partial charge on any atom is 0.0764 e. The van der Waals surface area contributed by atoms with Crippen LogP contribution in [0.2, 0.25) is 0 Å². The van der Waals surface area contributed by atoms with Gasteiger partial charge in [-0.25, -0.2) is 0 Å². The first-order valence-electron chi connectivity index (χ1n) is 6.07. The second-order valence-corrected chi connectivity index (χ2v) is 5.50. The molecule has 1 aliphatic carbocycles. The molecule has 1 rings (SSSR count). The molecular weight excluding hydrogens is 212 g/mol. The van der Waals surface area contributed by atoms with Crippen molar-refractivity contribution in [1.29, 1.82) is 0 Å². The molecule has 0 radical (unpaired) electrons. The molecule has 1 unspecified atom stereocenters. The van der Waals surface area contributed by atoms with Gasteiger partial charge in [0.2, 0.25) is 0 Å². The number of hydrogen-bond acceptors (Lipinski definition) is 2. The van der Waals surface area contributed by atoms with Gasteiger partial charge >= 0.3 is 0 Å². The average molecular weight is 234 g/mol. The highest BCUT2D eigenvalue weighted by Crippen LogP contribution is 2.39. The van der Waals surface area contributed by atoms with Gasteiger partial charge in [0.1, 0.15) is 0 Å². The van der Waals surface area contributed by atoms with Crippen molar-refractivity contribution in [1.82, 2.24) is 0 Å². The second kappa shape index (κ2) is 5.42. The minimum Gasteiger partial charge on any atom is -0.516 e. The molecular formula is C15H22O2. The lowest BCUT2D eigenvalue weighted by Gasteiger charge is -2.34. The quantitative estimate of drug-likeness (QED) is 0.540. The van der Waals surface area contributed by atoms with Crippen molar-refractivity contribution in [3.8, 4) is 11.8 Å². The smallest absolute Gasteiger partial charge is 0.0764 e. The van der Waals surface area contributed by atoms with Gasteiger partial charge in [-0.05, 0) is 32.8 Å². The fourth-order valence-corrected chi connectivity index (χ4v) is 2.44. The Kier molecular flexibility index (Phi) is 4.42. The Morgan fingerprint density at radius 1 is 1.47 bits per heavy atom. The number of aliphatic hydroxyl groups excluding tert-OH is 2. The minimum absolute atomic E-state index is 0.0444. The zero-order valence-electron chi connectivity index (χ0n) is 11.1. The summed E-state index contributed by atoms with van der Waals surface area (Å²) in [5.41, 5.74) is 2.26. The van der Waals surface area contributed by atoms with E-state index in [1.807, 2.05) is 13.8 Å². The molecule has 0 aromatic carbocycles. The molecule has 2 nitrogen and oxygen atoms in total. The molecule has 0 saturated carbocycles. The molecule has 0 spiro atoms. The Balaban J connectivity index is 2.98. The number of allylic oxidation sites excluding steroid dienone is 2. The van der Waals surface area contributed by atoms with Crippen molar-refractivity contribution >= 4 is 0 Å². The normalized spacial score (nSPS) is 25.6. The summed E-state index contributed by atoms with van der Waals surface area (Å²) in [6.07, 6.45) is 3.94. The lowest BCUT2D eigenvalue weighted by Crippen LogP contribution is -2.28. The molecule has 2 heteroatoms. The van der Waals surface area contributed by atoms with Gasteiger partial charge < -0.3 is 10.2 Å². The van der Waals surface area contributed by atoms with Crippen LogP contribution in [0.15, 0.2) is 23.5 Å². The van der Waals surface area contributed by atoms with Crippen LogP contribution in [0, 0.1) is 23.2 Å². The zero-order chi connectivity index (χ0) is 13.1. The number of rotatable bonds is 1. The maximum atomic E-state index is 9.77. The van der Waals surface area contributed by atoms with E-state index in [1.54, 1.807) is 6.08 Å². The molecule has 1 aliphatic rings. The largest absolute Gasteiger partial charge is 0.516 e. The van der Waals surface area contributed by atoms with Crippen LogP contribution in [-0.4, -0.2) is 16.3 Å². The number of aliphatic hydroxyl groups is 2. The molecule has 0 amide bonds. The molecule has 0 heterocycles. The van der Waals surface area contributed by atoms with Gasteiger partial charge in [0, 0.05) is 16.9 Å². The lowest BCUT2D eigenvalue weighted by molar-refractivity contribution is 0.117. The Hall–Kier alpha value is -1.20. The van der Waals surface area contributed by atoms with Crippen LogP contribution in [-0.2, 0) is 0 Å². The molecule has 0 aromatic heterocycles. The SMILES string of the molecule is CC1=C(C#CC(C)/C=C/O)C(C)(C)C[C@H](O)C1. The van der Waals surface area contributed by atoms with Crippen LogP contribution in [0.4, 0.5) is 0 Å². The first-order chi connectivity index (χ1) is 7.86. The van der Waals surface area contributed by atoms with E-state index in [1.165, 1.54) is 5.57 Å². The van der Waals surface area contributed by atoms with E-state index >= 15 is 0 Å². The summed E-state index contributed by atoms with van der Waals surface area (Å²) in [5.74, 6) is 6.39. The van der Waals surface area contributed by atoms with Crippen molar-refractivity contribution in [2.75, 3.05) is 0 Å². The summed E-state index contributed by atoms with van der Waals surface area (Å²) in [4.78, 5) is 0. The summed E-state index contributed by atoms with van der Waals surface area (Å²) in [7, 11) is 0. The van der Waals surface area contributed by atoms with Gasteiger partial charge in [0.15, 0.2) is 0 Å². The third-order valence-corrected chi connectivity index (χ3v) is 3.19. The van der Waals surface area contributed by atoms with Gasteiger partial charge in [-0.3, -0.25) is 0 Å². The van der Waals surface area contributed by atoms with E-state index in [0.29, 0.717) is 0 Å². The van der Waals surface area contributed by atoms with E-state index in [-0.39, 0.29) is 17.4 Å². The zero-order valence-corrected chi connectivity index (χ0v) is 11.1. The summed E-state index contributed by atoms with van der Waals surface area (Å²) in [6, 6.07) is 0. The van der Waals surface area contributed by atoms with Crippen molar-refractivity contribution in [2.45, 2.75) is 46.6 Å². The van der Waals surface area contributed by atoms with E-state index in [2.05, 4.69) is 25.7 Å². The van der Waals surface area contributed by atoms with Gasteiger partial charge in [0.05, 0.1) is 12.4 Å². The number of hydrogen-bond donors (Lipinski definition) is 2. The molecule has 0 bridgehead atoms. The third-order valence-electron chi connectivity index (χ3n) is 3.19. The van der Waals surface area contributed by atoms with Crippen LogP contribution >= 0.6 is 0 Å². The van der Waals surface area contributed by atoms with E-state index in [4.69, 9.17) is 5.11 Å². The highest BCUT2D eigenvalue weighted by atomic mass is 16.3. The summed E-state index contributed by atoms with van der Waals surface area (Å²) in [5, 5.41) is 18.4. The highest BCUT2D eigenvalue weighted by molar-refractivity contribution is 5.40. The van der Waals surface area contributed by atoms with Crippen LogP contribution in [0.25, 0.3) is 0 Å².